The molecule has 1 aliphatic heterocycles. The third-order valence-corrected chi connectivity index (χ3v) is 5.75. The minimum Gasteiger partial charge on any atom is -0.497 e. The largest absolute Gasteiger partial charge is 0.497 e. The van der Waals surface area contributed by atoms with E-state index in [4.69, 9.17) is 4.74 Å². The highest BCUT2D eigenvalue weighted by atomic mass is 79.9. The number of anilines is 2. The van der Waals surface area contributed by atoms with Crippen molar-refractivity contribution in [1.29, 1.82) is 0 Å². The van der Waals surface area contributed by atoms with Crippen LogP contribution >= 0.6 is 15.9 Å². The highest BCUT2D eigenvalue weighted by Crippen LogP contribution is 2.31. The fraction of sp³-hybridized carbons (Fsp3) is 0.167. The van der Waals surface area contributed by atoms with Crippen LogP contribution in [0.15, 0.2) is 65.1 Å². The maximum Gasteiger partial charge on any atom is 0.319 e. The van der Waals surface area contributed by atoms with Crippen molar-refractivity contribution in [3.63, 3.8) is 0 Å². The summed E-state index contributed by atoms with van der Waals surface area (Å²) in [5, 5.41) is 5.22. The van der Waals surface area contributed by atoms with Gasteiger partial charge in [-0.15, -0.1) is 0 Å². The predicted molar refractivity (Wildman–Crippen MR) is 125 cm³/mol. The van der Waals surface area contributed by atoms with Gasteiger partial charge in [-0.3, -0.25) is 4.79 Å². The number of amides is 3. The first-order valence-corrected chi connectivity index (χ1v) is 10.8. The molecule has 0 aromatic heterocycles. The van der Waals surface area contributed by atoms with Gasteiger partial charge in [0.2, 0.25) is 0 Å². The number of halogens is 2. The van der Waals surface area contributed by atoms with Crippen molar-refractivity contribution >= 4 is 39.2 Å². The van der Waals surface area contributed by atoms with Gasteiger partial charge in [0, 0.05) is 28.8 Å². The lowest BCUT2D eigenvalue weighted by Crippen LogP contribution is -2.30. The Kier molecular flexibility index (Phi) is 6.41. The van der Waals surface area contributed by atoms with E-state index in [2.05, 4.69) is 26.6 Å². The van der Waals surface area contributed by atoms with E-state index in [0.717, 1.165) is 23.2 Å². The monoisotopic (exact) mass is 497 g/mol. The van der Waals surface area contributed by atoms with Crippen LogP contribution in [0.1, 0.15) is 21.5 Å². The summed E-state index contributed by atoms with van der Waals surface area (Å²) in [4.78, 5) is 27.0. The molecule has 0 saturated heterocycles. The Hall–Kier alpha value is -3.39. The maximum atomic E-state index is 13.9. The van der Waals surface area contributed by atoms with E-state index in [-0.39, 0.29) is 18.1 Å². The molecule has 1 heterocycles. The molecule has 0 unspecified atom stereocenters. The van der Waals surface area contributed by atoms with Crippen LogP contribution < -0.4 is 20.3 Å². The highest BCUT2D eigenvalue weighted by Gasteiger charge is 2.26. The van der Waals surface area contributed by atoms with Gasteiger partial charge in [0.15, 0.2) is 0 Å². The summed E-state index contributed by atoms with van der Waals surface area (Å²) in [6.45, 7) is 0.836. The number of hydrogen-bond donors (Lipinski definition) is 2. The molecule has 0 saturated carbocycles. The Bertz CT molecular complexity index is 1170. The summed E-state index contributed by atoms with van der Waals surface area (Å²) in [7, 11) is 1.58. The van der Waals surface area contributed by atoms with E-state index >= 15 is 0 Å². The Morgan fingerprint density at radius 3 is 2.59 bits per heavy atom. The van der Waals surface area contributed by atoms with Crippen molar-refractivity contribution < 1.29 is 18.7 Å². The SMILES string of the molecule is COc1ccc(C(=O)N2CCc3ccc(CNC(=O)Nc4ccc(Br)cc4F)cc32)cc1. The number of urea groups is 1. The third kappa shape index (κ3) is 4.75. The summed E-state index contributed by atoms with van der Waals surface area (Å²) in [5.74, 6) is 0.0812. The minimum absolute atomic E-state index is 0.0834. The van der Waals surface area contributed by atoms with Crippen LogP contribution in [0.4, 0.5) is 20.6 Å². The first-order chi connectivity index (χ1) is 15.4. The number of hydrogen-bond acceptors (Lipinski definition) is 3. The molecular weight excluding hydrogens is 477 g/mol. The van der Waals surface area contributed by atoms with Crippen LogP contribution in [-0.2, 0) is 13.0 Å². The zero-order chi connectivity index (χ0) is 22.7. The number of nitrogens with zero attached hydrogens (tertiary/aromatic N) is 1. The molecule has 6 nitrogen and oxygen atoms in total. The lowest BCUT2D eigenvalue weighted by molar-refractivity contribution is 0.0989. The number of nitrogens with one attached hydrogen (secondary N) is 2. The molecule has 0 aliphatic carbocycles. The van der Waals surface area contributed by atoms with Gasteiger partial charge < -0.3 is 20.3 Å². The Morgan fingerprint density at radius 2 is 1.88 bits per heavy atom. The van der Waals surface area contributed by atoms with Crippen LogP contribution in [0.25, 0.3) is 0 Å². The van der Waals surface area contributed by atoms with Crippen molar-refractivity contribution in [1.82, 2.24) is 5.32 Å². The zero-order valence-corrected chi connectivity index (χ0v) is 18.9. The molecule has 0 atom stereocenters. The molecule has 3 aromatic carbocycles. The number of rotatable bonds is 5. The number of carbonyl (C=O) groups is 2. The van der Waals surface area contributed by atoms with Crippen molar-refractivity contribution in [2.24, 2.45) is 0 Å². The van der Waals surface area contributed by atoms with E-state index in [1.165, 1.54) is 12.1 Å². The first-order valence-electron chi connectivity index (χ1n) is 10.0. The zero-order valence-electron chi connectivity index (χ0n) is 17.3. The molecule has 32 heavy (non-hydrogen) atoms. The van der Waals surface area contributed by atoms with Crippen molar-refractivity contribution in [2.75, 3.05) is 23.9 Å². The normalized spacial score (nSPS) is 12.3. The average molecular weight is 498 g/mol. The van der Waals surface area contributed by atoms with Gasteiger partial charge in [-0.25, -0.2) is 9.18 Å². The van der Waals surface area contributed by atoms with E-state index in [9.17, 15) is 14.0 Å². The van der Waals surface area contributed by atoms with Crippen molar-refractivity contribution in [3.8, 4) is 5.75 Å². The fourth-order valence-corrected chi connectivity index (χ4v) is 3.91. The molecule has 4 rings (SSSR count). The summed E-state index contributed by atoms with van der Waals surface area (Å²) in [5.41, 5.74) is 3.43. The van der Waals surface area contributed by atoms with E-state index in [1.807, 2.05) is 18.2 Å². The number of fused-ring (bicyclic) bond motifs is 1. The molecule has 1 aliphatic rings. The van der Waals surface area contributed by atoms with Crippen molar-refractivity contribution in [2.45, 2.75) is 13.0 Å². The van der Waals surface area contributed by atoms with E-state index in [1.54, 1.807) is 42.3 Å². The average Bonchev–Trinajstić information content (AvgIpc) is 3.22. The van der Waals surface area contributed by atoms with Crippen LogP contribution in [0, 0.1) is 5.82 Å². The van der Waals surface area contributed by atoms with Gasteiger partial charge in [-0.2, -0.15) is 0 Å². The second-order valence-electron chi connectivity index (χ2n) is 7.33. The highest BCUT2D eigenvalue weighted by molar-refractivity contribution is 9.10. The van der Waals surface area contributed by atoms with Gasteiger partial charge in [-0.05, 0) is 66.1 Å². The third-order valence-electron chi connectivity index (χ3n) is 5.26. The van der Waals surface area contributed by atoms with Gasteiger partial charge in [0.25, 0.3) is 5.91 Å². The summed E-state index contributed by atoms with van der Waals surface area (Å²) in [6.07, 6.45) is 0.772. The number of methoxy groups -OCH3 is 1. The second-order valence-corrected chi connectivity index (χ2v) is 8.25. The van der Waals surface area contributed by atoms with Gasteiger partial charge in [0.1, 0.15) is 11.6 Å². The smallest absolute Gasteiger partial charge is 0.319 e. The fourth-order valence-electron chi connectivity index (χ4n) is 3.57. The number of benzene rings is 3. The van der Waals surface area contributed by atoms with Crippen LogP contribution in [-0.4, -0.2) is 25.6 Å². The van der Waals surface area contributed by atoms with Gasteiger partial charge in [-0.1, -0.05) is 28.1 Å². The molecule has 3 amide bonds. The maximum absolute atomic E-state index is 13.9. The van der Waals surface area contributed by atoms with E-state index < -0.39 is 11.8 Å². The Balaban J connectivity index is 1.42. The molecule has 2 N–H and O–H groups in total. The number of carbonyl (C=O) groups excluding carboxylic acids is 2. The molecule has 0 radical (unpaired) electrons. The van der Waals surface area contributed by atoms with Gasteiger partial charge >= 0.3 is 6.03 Å². The van der Waals surface area contributed by atoms with E-state index in [0.29, 0.717) is 22.3 Å². The molecule has 8 heteroatoms. The molecule has 0 spiro atoms. The van der Waals surface area contributed by atoms with Crippen molar-refractivity contribution in [3.05, 3.63) is 87.6 Å². The molecule has 0 fully saturated rings. The lowest BCUT2D eigenvalue weighted by Gasteiger charge is -2.18. The Labute approximate surface area is 193 Å². The predicted octanol–water partition coefficient (Wildman–Crippen LogP) is 5.12. The van der Waals surface area contributed by atoms with Crippen LogP contribution in [0.5, 0.6) is 5.75 Å². The van der Waals surface area contributed by atoms with Crippen LogP contribution in [0.2, 0.25) is 0 Å². The Morgan fingerprint density at radius 1 is 1.09 bits per heavy atom. The summed E-state index contributed by atoms with van der Waals surface area (Å²) in [6, 6.07) is 16.7. The molecule has 3 aromatic rings. The summed E-state index contributed by atoms with van der Waals surface area (Å²) >= 11 is 3.18. The summed E-state index contributed by atoms with van der Waals surface area (Å²) < 4.78 is 19.7. The van der Waals surface area contributed by atoms with Gasteiger partial charge in [0.05, 0.1) is 12.8 Å². The molecule has 0 bridgehead atoms. The second kappa shape index (κ2) is 9.40. The molecule has 164 valence electrons. The molecular formula is C24H21BrFN3O3. The minimum atomic E-state index is -0.528. The number of ether oxygens (including phenoxy) is 1. The van der Waals surface area contributed by atoms with Crippen LogP contribution in [0.3, 0.4) is 0 Å². The lowest BCUT2D eigenvalue weighted by atomic mass is 10.1. The first kappa shape index (κ1) is 21.8. The standard InChI is InChI=1S/C24H21BrFN3O3/c1-32-19-7-4-17(5-8-19)23(30)29-11-10-16-3-2-15(12-22(16)29)14-27-24(31)28-21-9-6-18(25)13-20(21)26/h2-9,12-13H,10-11,14H2,1H3,(H2,27,28,31). The topological polar surface area (TPSA) is 70.7 Å². The quantitative estimate of drug-likeness (QED) is 0.513.